The van der Waals surface area contributed by atoms with Gasteiger partial charge in [0.1, 0.15) is 11.4 Å². The Morgan fingerprint density at radius 1 is 1.09 bits per heavy atom. The largest absolute Gasteiger partial charge is 0.497 e. The van der Waals surface area contributed by atoms with Crippen molar-refractivity contribution < 1.29 is 9.53 Å². The molecule has 0 spiro atoms. The molecule has 4 aromatic rings. The minimum absolute atomic E-state index is 0.0452. The van der Waals surface area contributed by atoms with E-state index in [1.54, 1.807) is 7.11 Å². The molecule has 33 heavy (non-hydrogen) atoms. The number of benzene rings is 3. The molecule has 1 amide bonds. The number of hydrogen-bond acceptors (Lipinski definition) is 3. The summed E-state index contributed by atoms with van der Waals surface area (Å²) in [4.78, 5) is 15.4. The van der Waals surface area contributed by atoms with Gasteiger partial charge < -0.3 is 9.64 Å². The first kappa shape index (κ1) is 21.7. The Morgan fingerprint density at radius 3 is 2.55 bits per heavy atom. The lowest BCUT2D eigenvalue weighted by atomic mass is 9.96. The van der Waals surface area contributed by atoms with Gasteiger partial charge in [-0.3, -0.25) is 9.89 Å². The van der Waals surface area contributed by atoms with E-state index < -0.39 is 0 Å². The fourth-order valence-corrected chi connectivity index (χ4v) is 4.86. The number of hydrogen-bond donors (Lipinski definition) is 1. The first-order chi connectivity index (χ1) is 16.0. The first-order valence-corrected chi connectivity index (χ1v) is 11.8. The van der Waals surface area contributed by atoms with Gasteiger partial charge in [0.05, 0.1) is 18.8 Å². The fourth-order valence-electron chi connectivity index (χ4n) is 4.32. The van der Waals surface area contributed by atoms with Crippen molar-refractivity contribution in [1.82, 2.24) is 15.1 Å². The SMILES string of the molecule is COc1ccc(CCN2C(=O)c3[nH]nc(-c4ccc(Cl)cc4)c3C2c2cccc(Br)c2)cc1. The highest BCUT2D eigenvalue weighted by atomic mass is 79.9. The lowest BCUT2D eigenvalue weighted by Gasteiger charge is -2.26. The highest BCUT2D eigenvalue weighted by molar-refractivity contribution is 9.10. The van der Waals surface area contributed by atoms with Crippen LogP contribution in [0.15, 0.2) is 77.3 Å². The van der Waals surface area contributed by atoms with Crippen molar-refractivity contribution in [3.05, 3.63) is 105 Å². The number of carbonyl (C=O) groups excluding carboxylic acids is 1. The molecule has 3 aromatic carbocycles. The van der Waals surface area contributed by atoms with E-state index in [4.69, 9.17) is 16.3 Å². The summed E-state index contributed by atoms with van der Waals surface area (Å²) in [5, 5.41) is 8.18. The third-order valence-electron chi connectivity index (χ3n) is 5.95. The van der Waals surface area contributed by atoms with Crippen molar-refractivity contribution in [2.24, 2.45) is 0 Å². The number of halogens is 2. The molecule has 5 nitrogen and oxygen atoms in total. The van der Waals surface area contributed by atoms with Crippen molar-refractivity contribution in [2.75, 3.05) is 13.7 Å². The smallest absolute Gasteiger partial charge is 0.273 e. The quantitative estimate of drug-likeness (QED) is 0.324. The number of aromatic amines is 1. The van der Waals surface area contributed by atoms with Gasteiger partial charge in [-0.1, -0.05) is 63.9 Å². The van der Waals surface area contributed by atoms with Crippen LogP contribution >= 0.6 is 27.5 Å². The summed E-state index contributed by atoms with van der Waals surface area (Å²) in [5.74, 6) is 0.771. The highest BCUT2D eigenvalue weighted by Gasteiger charge is 2.41. The van der Waals surface area contributed by atoms with E-state index in [1.807, 2.05) is 65.6 Å². The number of nitrogens with one attached hydrogen (secondary N) is 1. The number of aromatic nitrogens is 2. The zero-order valence-corrected chi connectivity index (χ0v) is 20.2. The molecule has 0 saturated heterocycles. The molecule has 0 fully saturated rings. The third kappa shape index (κ3) is 4.16. The minimum atomic E-state index is -0.243. The van der Waals surface area contributed by atoms with Crippen LogP contribution < -0.4 is 4.74 Å². The molecule has 0 bridgehead atoms. The Balaban J connectivity index is 1.53. The number of carbonyl (C=O) groups is 1. The monoisotopic (exact) mass is 521 g/mol. The molecule has 5 rings (SSSR count). The third-order valence-corrected chi connectivity index (χ3v) is 6.69. The van der Waals surface area contributed by atoms with E-state index in [0.29, 0.717) is 17.3 Å². The number of ether oxygens (including phenoxy) is 1. The molecule has 1 aliphatic rings. The molecule has 1 aliphatic heterocycles. The molecule has 0 saturated carbocycles. The van der Waals surface area contributed by atoms with Crippen molar-refractivity contribution in [3.8, 4) is 17.0 Å². The average molecular weight is 523 g/mol. The van der Waals surface area contributed by atoms with Gasteiger partial charge >= 0.3 is 0 Å². The van der Waals surface area contributed by atoms with Crippen molar-refractivity contribution in [3.63, 3.8) is 0 Å². The van der Waals surface area contributed by atoms with Gasteiger partial charge in [0, 0.05) is 27.2 Å². The Morgan fingerprint density at radius 2 is 1.85 bits per heavy atom. The maximum atomic E-state index is 13.5. The van der Waals surface area contributed by atoms with Crippen molar-refractivity contribution >= 4 is 33.4 Å². The summed E-state index contributed by atoms with van der Waals surface area (Å²) < 4.78 is 6.22. The van der Waals surface area contributed by atoms with Gasteiger partial charge in [0.15, 0.2) is 0 Å². The molecule has 166 valence electrons. The molecule has 1 unspecified atom stereocenters. The van der Waals surface area contributed by atoms with Gasteiger partial charge in [-0.25, -0.2) is 0 Å². The molecule has 2 heterocycles. The minimum Gasteiger partial charge on any atom is -0.497 e. The van der Waals surface area contributed by atoms with Gasteiger partial charge in [0.2, 0.25) is 0 Å². The van der Waals surface area contributed by atoms with E-state index >= 15 is 0 Å². The average Bonchev–Trinajstić information content (AvgIpc) is 3.37. The predicted molar refractivity (Wildman–Crippen MR) is 133 cm³/mol. The van der Waals surface area contributed by atoms with Crippen LogP contribution in [0.4, 0.5) is 0 Å². The first-order valence-electron chi connectivity index (χ1n) is 10.6. The van der Waals surface area contributed by atoms with E-state index in [9.17, 15) is 4.79 Å². The fraction of sp³-hybridized carbons (Fsp3) is 0.154. The van der Waals surface area contributed by atoms with Crippen LogP contribution in [0, 0.1) is 0 Å². The molecular formula is C26H21BrClN3O2. The normalized spacial score (nSPS) is 15.1. The maximum absolute atomic E-state index is 13.5. The number of methoxy groups -OCH3 is 1. The Hall–Kier alpha value is -3.09. The van der Waals surface area contributed by atoms with Gasteiger partial charge in [0.25, 0.3) is 5.91 Å². The second kappa shape index (κ2) is 9.04. The summed E-state index contributed by atoms with van der Waals surface area (Å²) in [6.07, 6.45) is 0.730. The molecule has 0 aliphatic carbocycles. The number of amides is 1. The summed E-state index contributed by atoms with van der Waals surface area (Å²) >= 11 is 9.68. The second-order valence-corrected chi connectivity index (χ2v) is 9.27. The van der Waals surface area contributed by atoms with Crippen LogP contribution in [0.1, 0.15) is 33.2 Å². The maximum Gasteiger partial charge on any atom is 0.273 e. The standard InChI is InChI=1S/C26H21BrClN3O2/c1-33-21-11-5-16(6-12-21)13-14-31-25(18-3-2-4-19(27)15-18)22-23(29-30-24(22)26(31)32)17-7-9-20(28)10-8-17/h2-12,15,25H,13-14H2,1H3,(H,29,30). The molecule has 1 N–H and O–H groups in total. The lowest BCUT2D eigenvalue weighted by molar-refractivity contribution is 0.0746. The number of rotatable bonds is 6. The molecule has 1 atom stereocenters. The Labute approximate surface area is 205 Å². The number of fused-ring (bicyclic) bond motifs is 1. The number of H-pyrrole nitrogens is 1. The van der Waals surface area contributed by atoms with Gasteiger partial charge in [-0.05, 0) is 53.9 Å². The summed E-state index contributed by atoms with van der Waals surface area (Å²) in [7, 11) is 1.65. The Bertz CT molecular complexity index is 1300. The van der Waals surface area contributed by atoms with E-state index in [0.717, 1.165) is 44.6 Å². The van der Waals surface area contributed by atoms with E-state index in [1.165, 1.54) is 0 Å². The van der Waals surface area contributed by atoms with Crippen LogP contribution in [0.25, 0.3) is 11.3 Å². The topological polar surface area (TPSA) is 58.2 Å². The number of nitrogens with zero attached hydrogens (tertiary/aromatic N) is 2. The zero-order chi connectivity index (χ0) is 22.9. The lowest BCUT2D eigenvalue weighted by Crippen LogP contribution is -2.31. The van der Waals surface area contributed by atoms with Crippen molar-refractivity contribution in [2.45, 2.75) is 12.5 Å². The summed E-state index contributed by atoms with van der Waals surface area (Å²) in [6, 6.07) is 23.3. The summed E-state index contributed by atoms with van der Waals surface area (Å²) in [5.41, 5.74) is 5.30. The van der Waals surface area contributed by atoms with Crippen LogP contribution in [-0.4, -0.2) is 34.7 Å². The van der Waals surface area contributed by atoms with Crippen LogP contribution in [0.5, 0.6) is 5.75 Å². The molecule has 7 heteroatoms. The van der Waals surface area contributed by atoms with E-state index in [-0.39, 0.29) is 11.9 Å². The highest BCUT2D eigenvalue weighted by Crippen LogP contribution is 2.43. The van der Waals surface area contributed by atoms with Gasteiger partial charge in [-0.15, -0.1) is 0 Å². The molecule has 1 aromatic heterocycles. The molecule has 0 radical (unpaired) electrons. The Kier molecular flexibility index (Phi) is 5.96. The van der Waals surface area contributed by atoms with Crippen LogP contribution in [0.2, 0.25) is 5.02 Å². The predicted octanol–water partition coefficient (Wildman–Crippen LogP) is 6.29. The van der Waals surface area contributed by atoms with Gasteiger partial charge in [-0.2, -0.15) is 5.10 Å². The zero-order valence-electron chi connectivity index (χ0n) is 17.9. The summed E-state index contributed by atoms with van der Waals surface area (Å²) in [6.45, 7) is 0.574. The second-order valence-electron chi connectivity index (χ2n) is 7.92. The molecular weight excluding hydrogens is 502 g/mol. The van der Waals surface area contributed by atoms with E-state index in [2.05, 4.69) is 38.3 Å². The van der Waals surface area contributed by atoms with Crippen LogP contribution in [-0.2, 0) is 6.42 Å². The van der Waals surface area contributed by atoms with Crippen molar-refractivity contribution in [1.29, 1.82) is 0 Å². The van der Waals surface area contributed by atoms with Crippen LogP contribution in [0.3, 0.4) is 0 Å².